The quantitative estimate of drug-likeness (QED) is 0.918. The number of aromatic nitrogens is 2. The first-order chi connectivity index (χ1) is 7.24. The van der Waals surface area contributed by atoms with Crippen LogP contribution in [0.1, 0.15) is 31.6 Å². The third kappa shape index (κ3) is 2.08. The highest BCUT2D eigenvalue weighted by molar-refractivity contribution is 9.10. The van der Waals surface area contributed by atoms with E-state index in [1.165, 1.54) is 0 Å². The zero-order valence-electron chi connectivity index (χ0n) is 8.71. The summed E-state index contributed by atoms with van der Waals surface area (Å²) in [5.74, 6) is 0. The molecule has 2 atom stereocenters. The Bertz CT molecular complexity index is 333. The van der Waals surface area contributed by atoms with Crippen molar-refractivity contribution in [2.45, 2.75) is 38.5 Å². The van der Waals surface area contributed by atoms with Gasteiger partial charge in [0.05, 0.1) is 16.4 Å². The van der Waals surface area contributed by atoms with Crippen molar-refractivity contribution >= 4 is 15.9 Å². The minimum atomic E-state index is -0.968. The first-order valence-corrected chi connectivity index (χ1v) is 6.12. The Kier molecular flexibility index (Phi) is 3.41. The van der Waals surface area contributed by atoms with E-state index in [0.29, 0.717) is 12.2 Å². The lowest BCUT2D eigenvalue weighted by molar-refractivity contribution is 0.254. The lowest BCUT2D eigenvalue weighted by atomic mass is 10.1. The van der Waals surface area contributed by atoms with E-state index in [2.05, 4.69) is 26.3 Å². The second kappa shape index (κ2) is 4.61. The van der Waals surface area contributed by atoms with Crippen molar-refractivity contribution in [1.82, 2.24) is 15.1 Å². The van der Waals surface area contributed by atoms with Crippen molar-refractivity contribution in [3.05, 3.63) is 16.4 Å². The van der Waals surface area contributed by atoms with E-state index in [-0.39, 0.29) is 6.04 Å². The van der Waals surface area contributed by atoms with Crippen molar-refractivity contribution in [2.24, 2.45) is 0 Å². The van der Waals surface area contributed by atoms with E-state index < -0.39 is 6.17 Å². The predicted molar refractivity (Wildman–Crippen MR) is 60.5 cm³/mol. The van der Waals surface area contributed by atoms with Crippen LogP contribution in [-0.2, 0) is 6.54 Å². The smallest absolute Gasteiger partial charge is 0.158 e. The molecule has 2 unspecified atom stereocenters. The highest BCUT2D eigenvalue weighted by Gasteiger charge is 2.29. The van der Waals surface area contributed by atoms with Crippen LogP contribution < -0.4 is 5.32 Å². The van der Waals surface area contributed by atoms with Crippen LogP contribution in [0.2, 0.25) is 0 Å². The summed E-state index contributed by atoms with van der Waals surface area (Å²) in [5.41, 5.74) is 0.664. The van der Waals surface area contributed by atoms with Crippen LogP contribution in [0.25, 0.3) is 0 Å². The van der Waals surface area contributed by atoms with Gasteiger partial charge in [0.2, 0.25) is 0 Å². The third-order valence-corrected chi connectivity index (χ3v) is 3.46. The molecule has 5 heteroatoms. The van der Waals surface area contributed by atoms with Gasteiger partial charge in [0.1, 0.15) is 0 Å². The fourth-order valence-electron chi connectivity index (χ4n) is 2.05. The Labute approximate surface area is 97.2 Å². The fourth-order valence-corrected chi connectivity index (χ4v) is 2.56. The van der Waals surface area contributed by atoms with E-state index in [0.717, 1.165) is 23.9 Å². The van der Waals surface area contributed by atoms with Gasteiger partial charge in [-0.3, -0.25) is 4.68 Å². The molecule has 1 aliphatic heterocycles. The normalized spacial score (nSPS) is 23.3. The topological polar surface area (TPSA) is 29.9 Å². The lowest BCUT2D eigenvalue weighted by Gasteiger charge is -2.17. The van der Waals surface area contributed by atoms with Crippen molar-refractivity contribution in [2.75, 3.05) is 6.54 Å². The Morgan fingerprint density at radius 2 is 2.60 bits per heavy atom. The number of aryl methyl sites for hydroxylation is 1. The van der Waals surface area contributed by atoms with E-state index in [1.807, 2.05) is 6.92 Å². The maximum absolute atomic E-state index is 14.2. The summed E-state index contributed by atoms with van der Waals surface area (Å²) in [7, 11) is 0. The molecule has 1 N–H and O–H groups in total. The largest absolute Gasteiger partial charge is 0.311 e. The van der Waals surface area contributed by atoms with Gasteiger partial charge >= 0.3 is 0 Å². The molecule has 0 radical (unpaired) electrons. The Morgan fingerprint density at radius 1 is 1.80 bits per heavy atom. The molecule has 1 aliphatic rings. The Morgan fingerprint density at radius 3 is 3.20 bits per heavy atom. The van der Waals surface area contributed by atoms with Crippen molar-refractivity contribution < 1.29 is 4.39 Å². The number of alkyl halides is 1. The van der Waals surface area contributed by atoms with Gasteiger partial charge in [0, 0.05) is 12.6 Å². The van der Waals surface area contributed by atoms with E-state index in [9.17, 15) is 4.39 Å². The van der Waals surface area contributed by atoms with Crippen LogP contribution in [-0.4, -0.2) is 22.4 Å². The molecule has 3 nitrogen and oxygen atoms in total. The second-order valence-electron chi connectivity index (χ2n) is 3.80. The predicted octanol–water partition coefficient (Wildman–Crippen LogP) is 2.43. The molecule has 15 heavy (non-hydrogen) atoms. The number of hydrogen-bond donors (Lipinski definition) is 1. The molecule has 0 aliphatic carbocycles. The Balaban J connectivity index is 2.22. The van der Waals surface area contributed by atoms with Gasteiger partial charge in [-0.25, -0.2) is 4.39 Å². The maximum Gasteiger partial charge on any atom is 0.158 e. The third-order valence-electron chi connectivity index (χ3n) is 2.85. The molecular formula is C10H15BrFN3. The first kappa shape index (κ1) is 11.1. The fraction of sp³-hybridized carbons (Fsp3) is 0.700. The monoisotopic (exact) mass is 275 g/mol. The molecule has 1 aromatic heterocycles. The molecule has 84 valence electrons. The average Bonchev–Trinajstić information content (AvgIpc) is 2.85. The second-order valence-corrected chi connectivity index (χ2v) is 4.65. The zero-order chi connectivity index (χ0) is 10.8. The maximum atomic E-state index is 14.2. The molecule has 1 saturated heterocycles. The van der Waals surface area contributed by atoms with Crippen LogP contribution in [0, 0.1) is 0 Å². The number of rotatable bonds is 3. The highest BCUT2D eigenvalue weighted by Crippen LogP contribution is 2.31. The molecule has 0 amide bonds. The Hall–Kier alpha value is -0.420. The highest BCUT2D eigenvalue weighted by atomic mass is 79.9. The molecule has 0 saturated carbocycles. The summed E-state index contributed by atoms with van der Waals surface area (Å²) in [6.07, 6.45) is 2.66. The van der Waals surface area contributed by atoms with Crippen molar-refractivity contribution in [3.63, 3.8) is 0 Å². The lowest BCUT2D eigenvalue weighted by Crippen LogP contribution is -2.28. The minimum absolute atomic E-state index is 0.0525. The minimum Gasteiger partial charge on any atom is -0.311 e. The molecule has 0 spiro atoms. The number of nitrogens with one attached hydrogen (secondary N) is 1. The summed E-state index contributed by atoms with van der Waals surface area (Å²) in [6.45, 7) is 3.59. The van der Waals surface area contributed by atoms with Crippen LogP contribution in [0.4, 0.5) is 4.39 Å². The number of halogens is 2. The molecule has 1 aromatic rings. The van der Waals surface area contributed by atoms with E-state index >= 15 is 0 Å². The van der Waals surface area contributed by atoms with Crippen LogP contribution >= 0.6 is 15.9 Å². The van der Waals surface area contributed by atoms with Crippen molar-refractivity contribution in [3.8, 4) is 0 Å². The summed E-state index contributed by atoms with van der Waals surface area (Å²) in [6, 6.07) is -0.0525. The summed E-state index contributed by atoms with van der Waals surface area (Å²) >= 11 is 3.35. The summed E-state index contributed by atoms with van der Waals surface area (Å²) in [5, 5.41) is 7.31. The molecule has 0 bridgehead atoms. The van der Waals surface area contributed by atoms with Crippen LogP contribution in [0.15, 0.2) is 10.7 Å². The SMILES string of the molecule is CCn1ncc(Br)c1C(F)C1CCCN1. The number of hydrogen-bond acceptors (Lipinski definition) is 2. The molecule has 1 fully saturated rings. The van der Waals surface area contributed by atoms with Gasteiger partial charge in [-0.15, -0.1) is 0 Å². The van der Waals surface area contributed by atoms with Crippen molar-refractivity contribution in [1.29, 1.82) is 0 Å². The molecule has 0 aromatic carbocycles. The number of nitrogens with zero attached hydrogens (tertiary/aromatic N) is 2. The standard InChI is InChI=1S/C10H15BrFN3/c1-2-15-10(7(11)6-14-15)9(12)8-4-3-5-13-8/h6,8-9,13H,2-5H2,1H3. The van der Waals surface area contributed by atoms with E-state index in [1.54, 1.807) is 10.9 Å². The van der Waals surface area contributed by atoms with Gasteiger partial charge < -0.3 is 5.32 Å². The van der Waals surface area contributed by atoms with Gasteiger partial charge in [-0.1, -0.05) is 0 Å². The van der Waals surface area contributed by atoms with Crippen LogP contribution in [0.5, 0.6) is 0 Å². The first-order valence-electron chi connectivity index (χ1n) is 5.32. The van der Waals surface area contributed by atoms with Gasteiger partial charge in [-0.05, 0) is 42.2 Å². The van der Waals surface area contributed by atoms with Gasteiger partial charge in [0.25, 0.3) is 0 Å². The van der Waals surface area contributed by atoms with Gasteiger partial charge in [-0.2, -0.15) is 5.10 Å². The van der Waals surface area contributed by atoms with E-state index in [4.69, 9.17) is 0 Å². The summed E-state index contributed by atoms with van der Waals surface area (Å²) in [4.78, 5) is 0. The summed E-state index contributed by atoms with van der Waals surface area (Å²) < 4.78 is 16.7. The van der Waals surface area contributed by atoms with Gasteiger partial charge in [0.15, 0.2) is 6.17 Å². The molecular weight excluding hydrogens is 261 g/mol. The molecule has 2 heterocycles. The van der Waals surface area contributed by atoms with Crippen LogP contribution in [0.3, 0.4) is 0 Å². The molecule has 2 rings (SSSR count). The zero-order valence-corrected chi connectivity index (χ0v) is 10.3. The average molecular weight is 276 g/mol.